The molecule has 0 aromatic rings. The van der Waals surface area contributed by atoms with Crippen molar-refractivity contribution in [2.45, 2.75) is 65.3 Å². The van der Waals surface area contributed by atoms with E-state index in [9.17, 15) is 4.79 Å². The van der Waals surface area contributed by atoms with Gasteiger partial charge in [-0.2, -0.15) is 0 Å². The fourth-order valence-electron chi connectivity index (χ4n) is 2.80. The molecule has 0 spiro atoms. The van der Waals surface area contributed by atoms with Crippen molar-refractivity contribution in [1.82, 2.24) is 5.32 Å². The fourth-order valence-corrected chi connectivity index (χ4v) is 2.80. The molecule has 3 heteroatoms. The van der Waals surface area contributed by atoms with Gasteiger partial charge in [0.05, 0.1) is 7.11 Å². The van der Waals surface area contributed by atoms with E-state index in [2.05, 4.69) is 19.2 Å². The van der Waals surface area contributed by atoms with Gasteiger partial charge in [0.15, 0.2) is 0 Å². The number of methoxy groups -OCH3 is 1. The standard InChI is InChI=1S/C15H29NO2/c1-14(2,12-9-7-6-8-10-12)11-16-15(3,4)13(17)18-5/h12,16H,6-11H2,1-5H3. The average Bonchev–Trinajstić information content (AvgIpc) is 2.36. The van der Waals surface area contributed by atoms with Crippen LogP contribution >= 0.6 is 0 Å². The molecule has 106 valence electrons. The molecule has 0 radical (unpaired) electrons. The number of carbonyl (C=O) groups excluding carboxylic acids is 1. The fraction of sp³-hybridized carbons (Fsp3) is 0.933. The Balaban J connectivity index is 2.52. The summed E-state index contributed by atoms with van der Waals surface area (Å²) in [5.41, 5.74) is -0.355. The van der Waals surface area contributed by atoms with Crippen molar-refractivity contribution >= 4 is 5.97 Å². The smallest absolute Gasteiger partial charge is 0.325 e. The highest BCUT2D eigenvalue weighted by Crippen LogP contribution is 2.38. The number of hydrogen-bond acceptors (Lipinski definition) is 3. The Labute approximate surface area is 112 Å². The van der Waals surface area contributed by atoms with Gasteiger partial charge < -0.3 is 10.1 Å². The van der Waals surface area contributed by atoms with Gasteiger partial charge >= 0.3 is 5.97 Å². The van der Waals surface area contributed by atoms with Crippen molar-refractivity contribution < 1.29 is 9.53 Å². The summed E-state index contributed by atoms with van der Waals surface area (Å²) in [6, 6.07) is 0. The van der Waals surface area contributed by atoms with Crippen molar-refractivity contribution in [3.8, 4) is 0 Å². The van der Waals surface area contributed by atoms with E-state index < -0.39 is 5.54 Å². The molecular formula is C15H29NO2. The second-order valence-corrected chi connectivity index (χ2v) is 6.79. The average molecular weight is 255 g/mol. The van der Waals surface area contributed by atoms with Crippen molar-refractivity contribution in [2.75, 3.05) is 13.7 Å². The molecule has 1 N–H and O–H groups in total. The first-order valence-electron chi connectivity index (χ1n) is 7.13. The molecule has 18 heavy (non-hydrogen) atoms. The van der Waals surface area contributed by atoms with Crippen LogP contribution in [0.4, 0.5) is 0 Å². The van der Waals surface area contributed by atoms with E-state index in [0.29, 0.717) is 0 Å². The molecule has 1 saturated carbocycles. The van der Waals surface area contributed by atoms with Gasteiger partial charge in [0.25, 0.3) is 0 Å². The second-order valence-electron chi connectivity index (χ2n) is 6.79. The molecule has 1 fully saturated rings. The number of hydrogen-bond donors (Lipinski definition) is 1. The maximum absolute atomic E-state index is 11.6. The summed E-state index contributed by atoms with van der Waals surface area (Å²) in [7, 11) is 1.44. The topological polar surface area (TPSA) is 38.3 Å². The summed E-state index contributed by atoms with van der Waals surface area (Å²) in [4.78, 5) is 11.6. The van der Waals surface area contributed by atoms with Gasteiger partial charge in [0.2, 0.25) is 0 Å². The van der Waals surface area contributed by atoms with E-state index >= 15 is 0 Å². The highest BCUT2D eigenvalue weighted by atomic mass is 16.5. The molecule has 1 aliphatic carbocycles. The SMILES string of the molecule is COC(=O)C(C)(C)NCC(C)(C)C1CCCCC1. The zero-order chi connectivity index (χ0) is 13.8. The Hall–Kier alpha value is -0.570. The van der Waals surface area contributed by atoms with E-state index in [1.165, 1.54) is 39.2 Å². The predicted molar refractivity (Wildman–Crippen MR) is 74.5 cm³/mol. The van der Waals surface area contributed by atoms with Crippen LogP contribution in [0.15, 0.2) is 0 Å². The van der Waals surface area contributed by atoms with E-state index in [-0.39, 0.29) is 11.4 Å². The van der Waals surface area contributed by atoms with E-state index in [0.717, 1.165) is 12.5 Å². The first-order valence-corrected chi connectivity index (χ1v) is 7.13. The zero-order valence-corrected chi connectivity index (χ0v) is 12.6. The molecular weight excluding hydrogens is 226 g/mol. The van der Waals surface area contributed by atoms with Crippen LogP contribution in [0, 0.1) is 11.3 Å². The largest absolute Gasteiger partial charge is 0.468 e. The van der Waals surface area contributed by atoms with Gasteiger partial charge in [0, 0.05) is 6.54 Å². The second kappa shape index (κ2) is 6.05. The Morgan fingerprint density at radius 2 is 1.72 bits per heavy atom. The minimum Gasteiger partial charge on any atom is -0.468 e. The van der Waals surface area contributed by atoms with Crippen LogP contribution in [0.2, 0.25) is 0 Å². The molecule has 1 rings (SSSR count). The van der Waals surface area contributed by atoms with Gasteiger partial charge in [-0.3, -0.25) is 4.79 Å². The zero-order valence-electron chi connectivity index (χ0n) is 12.6. The van der Waals surface area contributed by atoms with Crippen LogP contribution in [0.1, 0.15) is 59.8 Å². The Bertz CT molecular complexity index is 278. The third-order valence-electron chi connectivity index (χ3n) is 4.39. The van der Waals surface area contributed by atoms with Gasteiger partial charge in [-0.1, -0.05) is 33.1 Å². The van der Waals surface area contributed by atoms with Crippen molar-refractivity contribution in [1.29, 1.82) is 0 Å². The van der Waals surface area contributed by atoms with Crippen LogP contribution < -0.4 is 5.32 Å². The Morgan fingerprint density at radius 1 is 1.17 bits per heavy atom. The van der Waals surface area contributed by atoms with Gasteiger partial charge in [-0.25, -0.2) is 0 Å². The molecule has 0 aromatic heterocycles. The lowest BCUT2D eigenvalue weighted by atomic mass is 9.71. The summed E-state index contributed by atoms with van der Waals surface area (Å²) >= 11 is 0. The molecule has 0 unspecified atom stereocenters. The van der Waals surface area contributed by atoms with Crippen LogP contribution in [0.3, 0.4) is 0 Å². The maximum Gasteiger partial charge on any atom is 0.325 e. The highest BCUT2D eigenvalue weighted by molar-refractivity contribution is 5.79. The maximum atomic E-state index is 11.6. The normalized spacial score (nSPS) is 18.7. The number of ether oxygens (including phenoxy) is 1. The lowest BCUT2D eigenvalue weighted by molar-refractivity contribution is -0.147. The lowest BCUT2D eigenvalue weighted by Crippen LogP contribution is -2.51. The summed E-state index contributed by atoms with van der Waals surface area (Å²) in [5.74, 6) is 0.578. The van der Waals surface area contributed by atoms with Crippen molar-refractivity contribution in [3.05, 3.63) is 0 Å². The predicted octanol–water partition coefficient (Wildman–Crippen LogP) is 3.13. The molecule has 0 aliphatic heterocycles. The lowest BCUT2D eigenvalue weighted by Gasteiger charge is -2.39. The Morgan fingerprint density at radius 3 is 2.22 bits per heavy atom. The van der Waals surface area contributed by atoms with Crippen LogP contribution in [0.25, 0.3) is 0 Å². The van der Waals surface area contributed by atoms with Crippen LogP contribution in [0.5, 0.6) is 0 Å². The molecule has 1 aliphatic rings. The molecule has 0 bridgehead atoms. The number of esters is 1. The minimum atomic E-state index is -0.597. The van der Waals surface area contributed by atoms with Gasteiger partial charge in [-0.15, -0.1) is 0 Å². The monoisotopic (exact) mass is 255 g/mol. The van der Waals surface area contributed by atoms with Crippen LogP contribution in [-0.4, -0.2) is 25.2 Å². The molecule has 0 saturated heterocycles. The number of carbonyl (C=O) groups is 1. The third-order valence-corrected chi connectivity index (χ3v) is 4.39. The molecule has 0 heterocycles. The number of nitrogens with one attached hydrogen (secondary N) is 1. The highest BCUT2D eigenvalue weighted by Gasteiger charge is 2.34. The van der Waals surface area contributed by atoms with E-state index in [1.807, 2.05) is 13.8 Å². The molecule has 0 amide bonds. The summed E-state index contributed by atoms with van der Waals surface area (Å²) in [6.45, 7) is 9.25. The van der Waals surface area contributed by atoms with Gasteiger partial charge in [0.1, 0.15) is 5.54 Å². The minimum absolute atomic E-state index is 0.193. The summed E-state index contributed by atoms with van der Waals surface area (Å²) < 4.78 is 4.82. The third kappa shape index (κ3) is 3.98. The quantitative estimate of drug-likeness (QED) is 0.767. The van der Waals surface area contributed by atoms with Crippen molar-refractivity contribution in [3.63, 3.8) is 0 Å². The van der Waals surface area contributed by atoms with E-state index in [4.69, 9.17) is 4.74 Å². The first-order chi connectivity index (χ1) is 8.29. The Kier molecular flexibility index (Phi) is 5.20. The number of rotatable bonds is 5. The van der Waals surface area contributed by atoms with E-state index in [1.54, 1.807) is 0 Å². The van der Waals surface area contributed by atoms with Crippen molar-refractivity contribution in [2.24, 2.45) is 11.3 Å². The molecule has 0 aromatic carbocycles. The van der Waals surface area contributed by atoms with Gasteiger partial charge in [-0.05, 0) is 38.0 Å². The molecule has 0 atom stereocenters. The van der Waals surface area contributed by atoms with Crippen LogP contribution in [-0.2, 0) is 9.53 Å². The summed E-state index contributed by atoms with van der Waals surface area (Å²) in [6.07, 6.45) is 6.75. The summed E-state index contributed by atoms with van der Waals surface area (Å²) in [5, 5.41) is 3.37. The first kappa shape index (κ1) is 15.5. The molecule has 3 nitrogen and oxygen atoms in total.